The van der Waals surface area contributed by atoms with Crippen molar-refractivity contribution < 1.29 is 4.79 Å². The normalized spacial score (nSPS) is 9.08. The molecule has 0 bridgehead atoms. The highest BCUT2D eigenvalue weighted by atomic mass is 127. The molecule has 1 heterocycles. The minimum atomic E-state index is -0.613. The fourth-order valence-corrected chi connectivity index (χ4v) is 1.31. The van der Waals surface area contributed by atoms with Crippen molar-refractivity contribution in [1.29, 1.82) is 0 Å². The molecule has 1 rings (SSSR count). The zero-order chi connectivity index (χ0) is 10.0. The number of hydrogen-bond acceptors (Lipinski definition) is 3. The zero-order valence-corrected chi connectivity index (χ0v) is 8.99. The Balaban J connectivity index is 3.41. The molecule has 0 aliphatic carbocycles. The highest BCUT2D eigenvalue weighted by Crippen LogP contribution is 2.17. The smallest absolute Gasteiger partial charge is 0.255 e. The van der Waals surface area contributed by atoms with E-state index in [1.165, 1.54) is 2.90 Å². The topological polar surface area (TPSA) is 86.9 Å². The molecule has 1 amide bonds. The lowest BCUT2D eigenvalue weighted by Crippen LogP contribution is -2.14. The summed E-state index contributed by atoms with van der Waals surface area (Å²) in [6.07, 6.45) is 0. The van der Waals surface area contributed by atoms with Crippen LogP contribution in [0.2, 0.25) is 0 Å². The van der Waals surface area contributed by atoms with Crippen LogP contribution in [0.25, 0.3) is 0 Å². The molecule has 0 aliphatic rings. The summed E-state index contributed by atoms with van der Waals surface area (Å²) in [5.41, 5.74) is 11.2. The summed E-state index contributed by atoms with van der Waals surface area (Å²) < 4.78 is 1.34. The third-order valence-electron chi connectivity index (χ3n) is 1.37. The van der Waals surface area contributed by atoms with Crippen molar-refractivity contribution >= 4 is 34.6 Å². The van der Waals surface area contributed by atoms with Crippen LogP contribution in [0.1, 0.15) is 23.0 Å². The summed E-state index contributed by atoms with van der Waals surface area (Å²) in [5.74, 6) is 4.89. The Morgan fingerprint density at radius 2 is 2.31 bits per heavy atom. The first kappa shape index (κ1) is 9.85. The molecule has 0 saturated heterocycles. The van der Waals surface area contributed by atoms with Crippen molar-refractivity contribution in [3.05, 3.63) is 11.3 Å². The zero-order valence-electron chi connectivity index (χ0n) is 6.84. The molecule has 5 nitrogen and oxygen atoms in total. The van der Waals surface area contributed by atoms with Crippen LogP contribution < -0.4 is 11.5 Å². The molecule has 0 aromatic carbocycles. The van der Waals surface area contributed by atoms with Gasteiger partial charge < -0.3 is 11.5 Å². The molecule has 13 heavy (non-hydrogen) atoms. The van der Waals surface area contributed by atoms with Gasteiger partial charge in [-0.3, -0.25) is 4.79 Å². The quantitative estimate of drug-likeness (QED) is 0.569. The van der Waals surface area contributed by atoms with Crippen molar-refractivity contribution in [3.63, 3.8) is 0 Å². The van der Waals surface area contributed by atoms with Crippen molar-refractivity contribution in [2.45, 2.75) is 6.92 Å². The lowest BCUT2D eigenvalue weighted by molar-refractivity contribution is 0.100. The van der Waals surface area contributed by atoms with Gasteiger partial charge >= 0.3 is 0 Å². The first-order valence-electron chi connectivity index (χ1n) is 3.35. The third-order valence-corrected chi connectivity index (χ3v) is 2.10. The summed E-state index contributed by atoms with van der Waals surface area (Å²) in [7, 11) is 0. The SMILES string of the molecule is CC#Cc1nn(I)c(N)c1C(N)=O. The Hall–Kier alpha value is -1.23. The summed E-state index contributed by atoms with van der Waals surface area (Å²) in [6.45, 7) is 1.65. The first-order valence-corrected chi connectivity index (χ1v) is 4.31. The maximum Gasteiger partial charge on any atom is 0.255 e. The Labute approximate surface area is 89.0 Å². The number of nitrogens with two attached hydrogens (primary N) is 2. The van der Waals surface area contributed by atoms with E-state index in [4.69, 9.17) is 11.5 Å². The Morgan fingerprint density at radius 3 is 2.77 bits per heavy atom. The van der Waals surface area contributed by atoms with E-state index in [1.807, 2.05) is 22.9 Å². The van der Waals surface area contributed by atoms with Crippen molar-refractivity contribution in [3.8, 4) is 11.8 Å². The second kappa shape index (κ2) is 3.66. The van der Waals surface area contributed by atoms with Crippen LogP contribution in [0.15, 0.2) is 0 Å². The standard InChI is InChI=1S/C7H7IN4O/c1-2-3-4-5(7(10)13)6(9)12(8)11-4/h9H2,1H3,(H2,10,13). The molecule has 0 spiro atoms. The number of nitrogens with zero attached hydrogens (tertiary/aromatic N) is 2. The Morgan fingerprint density at radius 1 is 1.69 bits per heavy atom. The molecule has 6 heteroatoms. The molecule has 1 aromatic heterocycles. The van der Waals surface area contributed by atoms with E-state index in [-0.39, 0.29) is 11.4 Å². The minimum absolute atomic E-state index is 0.184. The predicted octanol–water partition coefficient (Wildman–Crippen LogP) is 0.134. The lowest BCUT2D eigenvalue weighted by Gasteiger charge is -1.92. The highest BCUT2D eigenvalue weighted by Gasteiger charge is 2.17. The Bertz CT molecular complexity index is 412. The van der Waals surface area contributed by atoms with Crippen LogP contribution >= 0.6 is 22.9 Å². The van der Waals surface area contributed by atoms with Gasteiger partial charge in [0.25, 0.3) is 5.91 Å². The molecule has 0 fully saturated rings. The van der Waals surface area contributed by atoms with Gasteiger partial charge in [0.1, 0.15) is 11.4 Å². The van der Waals surface area contributed by atoms with Gasteiger partial charge in [0.2, 0.25) is 0 Å². The first-order chi connectivity index (χ1) is 6.07. The lowest BCUT2D eigenvalue weighted by atomic mass is 10.2. The van der Waals surface area contributed by atoms with E-state index in [2.05, 4.69) is 16.9 Å². The number of anilines is 1. The molecule has 0 atom stereocenters. The summed E-state index contributed by atoms with van der Waals surface area (Å²) in [5, 5.41) is 3.93. The average Bonchev–Trinajstić information content (AvgIpc) is 2.28. The number of aromatic nitrogens is 2. The third kappa shape index (κ3) is 1.75. The van der Waals surface area contributed by atoms with Crippen LogP contribution in [0.4, 0.5) is 5.82 Å². The minimum Gasteiger partial charge on any atom is -0.383 e. The van der Waals surface area contributed by atoms with Gasteiger partial charge in [-0.15, -0.1) is 0 Å². The maximum absolute atomic E-state index is 10.9. The second-order valence-electron chi connectivity index (χ2n) is 2.21. The molecule has 0 aliphatic heterocycles. The van der Waals surface area contributed by atoms with Gasteiger partial charge in [0.15, 0.2) is 5.69 Å². The molecule has 0 unspecified atom stereocenters. The molecule has 4 N–H and O–H groups in total. The van der Waals surface area contributed by atoms with E-state index in [0.717, 1.165) is 0 Å². The van der Waals surface area contributed by atoms with Gasteiger partial charge in [-0.25, -0.2) is 0 Å². The number of carbonyl (C=O) groups is 1. The fourth-order valence-electron chi connectivity index (χ4n) is 0.854. The molecule has 68 valence electrons. The van der Waals surface area contributed by atoms with Gasteiger partial charge in [-0.2, -0.15) is 7.99 Å². The number of hydrogen-bond donors (Lipinski definition) is 2. The van der Waals surface area contributed by atoms with Crippen molar-refractivity contribution in [2.24, 2.45) is 5.73 Å². The molecule has 0 radical (unpaired) electrons. The number of nitrogen functional groups attached to an aromatic ring is 1. The molecule has 1 aromatic rings. The van der Waals surface area contributed by atoms with Crippen LogP contribution in [-0.4, -0.2) is 13.9 Å². The van der Waals surface area contributed by atoms with Crippen molar-refractivity contribution in [1.82, 2.24) is 7.99 Å². The van der Waals surface area contributed by atoms with Crippen LogP contribution in [-0.2, 0) is 0 Å². The van der Waals surface area contributed by atoms with Gasteiger partial charge in [0.05, 0.1) is 22.9 Å². The molecule has 0 saturated carbocycles. The monoisotopic (exact) mass is 290 g/mol. The van der Waals surface area contributed by atoms with Crippen molar-refractivity contribution in [2.75, 3.05) is 5.73 Å². The van der Waals surface area contributed by atoms with Gasteiger partial charge in [-0.05, 0) is 12.8 Å². The average molecular weight is 290 g/mol. The number of halogens is 1. The van der Waals surface area contributed by atoms with E-state index in [9.17, 15) is 4.79 Å². The van der Waals surface area contributed by atoms with Crippen LogP contribution in [0.5, 0.6) is 0 Å². The van der Waals surface area contributed by atoms with E-state index in [1.54, 1.807) is 6.92 Å². The number of primary amides is 1. The van der Waals surface area contributed by atoms with E-state index >= 15 is 0 Å². The fraction of sp³-hybridized carbons (Fsp3) is 0.143. The molecular weight excluding hydrogens is 283 g/mol. The van der Waals surface area contributed by atoms with E-state index < -0.39 is 5.91 Å². The van der Waals surface area contributed by atoms with E-state index in [0.29, 0.717) is 5.69 Å². The van der Waals surface area contributed by atoms with Crippen LogP contribution in [0.3, 0.4) is 0 Å². The molecular formula is C7H7IN4O. The van der Waals surface area contributed by atoms with Crippen LogP contribution in [0, 0.1) is 11.8 Å². The number of carbonyl (C=O) groups excluding carboxylic acids is 1. The van der Waals surface area contributed by atoms with Gasteiger partial charge in [0, 0.05) is 0 Å². The highest BCUT2D eigenvalue weighted by molar-refractivity contribution is 14.1. The van der Waals surface area contributed by atoms with Gasteiger partial charge in [-0.1, -0.05) is 5.92 Å². The number of rotatable bonds is 1. The predicted molar refractivity (Wildman–Crippen MR) is 57.1 cm³/mol. The summed E-state index contributed by atoms with van der Waals surface area (Å²) in [6, 6.07) is 0. The number of amides is 1. The largest absolute Gasteiger partial charge is 0.383 e. The summed E-state index contributed by atoms with van der Waals surface area (Å²) >= 11 is 1.85. The summed E-state index contributed by atoms with van der Waals surface area (Å²) in [4.78, 5) is 10.9. The maximum atomic E-state index is 10.9. The second-order valence-corrected chi connectivity index (χ2v) is 3.12. The Kier molecular flexibility index (Phi) is 2.77.